The number of carbonyl (C=O) groups excluding carboxylic acids is 1. The second-order valence-corrected chi connectivity index (χ2v) is 6.44. The third-order valence-corrected chi connectivity index (χ3v) is 4.48. The van der Waals surface area contributed by atoms with Crippen LogP contribution in [0.1, 0.15) is 19.8 Å². The monoisotopic (exact) mass is 321 g/mol. The largest absolute Gasteiger partial charge is 0.411 e. The van der Waals surface area contributed by atoms with Crippen LogP contribution in [0.3, 0.4) is 0 Å². The summed E-state index contributed by atoms with van der Waals surface area (Å²) < 4.78 is 19.1. The van der Waals surface area contributed by atoms with Gasteiger partial charge in [-0.3, -0.25) is 4.79 Å². The molecule has 22 heavy (non-hydrogen) atoms. The van der Waals surface area contributed by atoms with Crippen LogP contribution in [0.2, 0.25) is 0 Å². The third-order valence-electron chi connectivity index (χ3n) is 3.55. The van der Waals surface area contributed by atoms with Gasteiger partial charge in [0.05, 0.1) is 10.8 Å². The van der Waals surface area contributed by atoms with E-state index in [0.29, 0.717) is 0 Å². The highest BCUT2D eigenvalue weighted by Gasteiger charge is 2.25. The average Bonchev–Trinajstić information content (AvgIpc) is 3.18. The van der Waals surface area contributed by atoms with Crippen LogP contribution in [0, 0.1) is 5.82 Å². The summed E-state index contributed by atoms with van der Waals surface area (Å²) in [4.78, 5) is 14.1. The van der Waals surface area contributed by atoms with Crippen molar-refractivity contribution in [1.82, 2.24) is 15.1 Å². The van der Waals surface area contributed by atoms with Crippen molar-refractivity contribution in [1.29, 1.82) is 0 Å². The van der Waals surface area contributed by atoms with Crippen LogP contribution in [-0.2, 0) is 4.79 Å². The molecule has 1 saturated heterocycles. The van der Waals surface area contributed by atoms with E-state index < -0.39 is 5.82 Å². The van der Waals surface area contributed by atoms with E-state index in [2.05, 4.69) is 10.2 Å². The first-order valence-corrected chi connectivity index (χ1v) is 8.07. The highest BCUT2D eigenvalue weighted by atomic mass is 32.2. The summed E-state index contributed by atoms with van der Waals surface area (Å²) in [5.74, 6) is -0.210. The number of rotatable bonds is 4. The smallest absolute Gasteiger partial charge is 0.277 e. The summed E-state index contributed by atoms with van der Waals surface area (Å²) in [5, 5.41) is 7.72. The minimum absolute atomic E-state index is 0.0770. The van der Waals surface area contributed by atoms with Crippen molar-refractivity contribution in [2.45, 2.75) is 30.2 Å². The Morgan fingerprint density at radius 2 is 2.05 bits per heavy atom. The van der Waals surface area contributed by atoms with Gasteiger partial charge in [-0.05, 0) is 31.9 Å². The normalized spacial score (nSPS) is 16.0. The highest BCUT2D eigenvalue weighted by Crippen LogP contribution is 2.28. The molecule has 2 aromatic rings. The SMILES string of the molecule is C[C@H](Sc1nnc(-c2ccccc2F)o1)C(=O)N1CCCC1. The molecule has 2 heterocycles. The summed E-state index contributed by atoms with van der Waals surface area (Å²) in [6.45, 7) is 3.44. The number of amides is 1. The molecule has 0 spiro atoms. The molecule has 0 aliphatic carbocycles. The minimum Gasteiger partial charge on any atom is -0.411 e. The number of aromatic nitrogens is 2. The standard InChI is InChI=1S/C15H16FN3O2S/c1-10(14(20)19-8-4-5-9-19)22-15-18-17-13(21-15)11-6-2-3-7-12(11)16/h2-3,6-7,10H,4-5,8-9H2,1H3/t10-/m0/s1. The Morgan fingerprint density at radius 1 is 1.32 bits per heavy atom. The van der Waals surface area contributed by atoms with Gasteiger partial charge >= 0.3 is 0 Å². The van der Waals surface area contributed by atoms with E-state index in [1.165, 1.54) is 17.8 Å². The van der Waals surface area contributed by atoms with Crippen molar-refractivity contribution in [2.24, 2.45) is 0 Å². The summed E-state index contributed by atoms with van der Waals surface area (Å²) >= 11 is 1.21. The Hall–Kier alpha value is -1.89. The number of hydrogen-bond donors (Lipinski definition) is 0. The first-order valence-electron chi connectivity index (χ1n) is 7.19. The first kappa shape index (κ1) is 15.0. The van der Waals surface area contributed by atoms with Crippen molar-refractivity contribution in [3.05, 3.63) is 30.1 Å². The number of nitrogens with zero attached hydrogens (tertiary/aromatic N) is 3. The van der Waals surface area contributed by atoms with Crippen molar-refractivity contribution < 1.29 is 13.6 Å². The van der Waals surface area contributed by atoms with Gasteiger partial charge in [-0.15, -0.1) is 10.2 Å². The number of hydrogen-bond acceptors (Lipinski definition) is 5. The van der Waals surface area contributed by atoms with Crippen molar-refractivity contribution >= 4 is 17.7 Å². The molecule has 0 radical (unpaired) electrons. The predicted octanol–water partition coefficient (Wildman–Crippen LogP) is 2.98. The van der Waals surface area contributed by atoms with Crippen molar-refractivity contribution in [2.75, 3.05) is 13.1 Å². The Balaban J connectivity index is 1.69. The van der Waals surface area contributed by atoms with Crippen LogP contribution in [0.4, 0.5) is 4.39 Å². The van der Waals surface area contributed by atoms with Gasteiger partial charge in [-0.1, -0.05) is 23.9 Å². The molecule has 1 atom stereocenters. The zero-order valence-electron chi connectivity index (χ0n) is 12.2. The summed E-state index contributed by atoms with van der Waals surface area (Å²) in [6, 6.07) is 6.22. The molecule has 3 rings (SSSR count). The number of halogens is 1. The fraction of sp³-hybridized carbons (Fsp3) is 0.400. The maximum absolute atomic E-state index is 13.7. The van der Waals surface area contributed by atoms with Gasteiger partial charge < -0.3 is 9.32 Å². The molecule has 5 nitrogen and oxygen atoms in total. The average molecular weight is 321 g/mol. The van der Waals surface area contributed by atoms with Gasteiger partial charge in [0.2, 0.25) is 5.91 Å². The number of benzene rings is 1. The molecular formula is C15H16FN3O2S. The van der Waals surface area contributed by atoms with E-state index in [0.717, 1.165) is 25.9 Å². The number of thioether (sulfide) groups is 1. The fourth-order valence-corrected chi connectivity index (χ4v) is 3.16. The Labute approximate surface area is 131 Å². The van der Waals surface area contributed by atoms with Crippen molar-refractivity contribution in [3.63, 3.8) is 0 Å². The van der Waals surface area contributed by atoms with E-state index in [4.69, 9.17) is 4.42 Å². The maximum Gasteiger partial charge on any atom is 0.277 e. The lowest BCUT2D eigenvalue weighted by atomic mass is 10.2. The lowest BCUT2D eigenvalue weighted by molar-refractivity contribution is -0.129. The molecule has 1 amide bonds. The first-order chi connectivity index (χ1) is 10.6. The van der Waals surface area contributed by atoms with Crippen LogP contribution >= 0.6 is 11.8 Å². The Bertz CT molecular complexity index is 670. The maximum atomic E-state index is 13.7. The fourth-order valence-electron chi connectivity index (χ4n) is 2.40. The molecule has 0 saturated carbocycles. The van der Waals surface area contributed by atoms with Crippen LogP contribution in [0.25, 0.3) is 11.5 Å². The quantitative estimate of drug-likeness (QED) is 0.810. The molecule has 1 fully saturated rings. The molecule has 1 aliphatic heterocycles. The van der Waals surface area contributed by atoms with E-state index in [1.54, 1.807) is 18.2 Å². The number of likely N-dealkylation sites (tertiary alicyclic amines) is 1. The minimum atomic E-state index is -0.413. The van der Waals surface area contributed by atoms with E-state index >= 15 is 0 Å². The molecule has 1 aromatic heterocycles. The second-order valence-electron chi connectivity index (χ2n) is 5.15. The summed E-state index contributed by atoms with van der Waals surface area (Å²) in [6.07, 6.45) is 2.11. The molecule has 0 unspecified atom stereocenters. The molecule has 0 bridgehead atoms. The zero-order valence-corrected chi connectivity index (χ0v) is 13.0. The highest BCUT2D eigenvalue weighted by molar-refractivity contribution is 8.00. The molecular weight excluding hydrogens is 305 g/mol. The zero-order chi connectivity index (χ0) is 15.5. The number of carbonyl (C=O) groups is 1. The van der Waals surface area contributed by atoms with Gasteiger partial charge in [0.25, 0.3) is 11.1 Å². The lowest BCUT2D eigenvalue weighted by Gasteiger charge is -2.18. The van der Waals surface area contributed by atoms with Crippen molar-refractivity contribution in [3.8, 4) is 11.5 Å². The molecule has 1 aromatic carbocycles. The van der Waals surface area contributed by atoms with E-state index in [9.17, 15) is 9.18 Å². The van der Waals surface area contributed by atoms with Gasteiger partial charge in [0.15, 0.2) is 0 Å². The summed E-state index contributed by atoms with van der Waals surface area (Å²) in [5.41, 5.74) is 0.264. The van der Waals surface area contributed by atoms with Gasteiger partial charge in [-0.25, -0.2) is 4.39 Å². The molecule has 116 valence electrons. The lowest BCUT2D eigenvalue weighted by Crippen LogP contribution is -2.34. The van der Waals surface area contributed by atoms with Crippen LogP contribution in [0.15, 0.2) is 33.9 Å². The van der Waals surface area contributed by atoms with E-state index in [-0.39, 0.29) is 27.8 Å². The summed E-state index contributed by atoms with van der Waals surface area (Å²) in [7, 11) is 0. The molecule has 7 heteroatoms. The third kappa shape index (κ3) is 3.14. The van der Waals surface area contributed by atoms with Gasteiger partial charge in [-0.2, -0.15) is 0 Å². The van der Waals surface area contributed by atoms with Crippen LogP contribution in [-0.4, -0.2) is 39.3 Å². The Morgan fingerprint density at radius 3 is 2.77 bits per heavy atom. The van der Waals surface area contributed by atoms with Crippen LogP contribution < -0.4 is 0 Å². The Kier molecular flexibility index (Phi) is 4.42. The molecule has 0 N–H and O–H groups in total. The van der Waals surface area contributed by atoms with Gasteiger partial charge in [0.1, 0.15) is 5.82 Å². The molecule has 1 aliphatic rings. The topological polar surface area (TPSA) is 59.2 Å². The second kappa shape index (κ2) is 6.48. The van der Waals surface area contributed by atoms with Gasteiger partial charge in [0, 0.05) is 13.1 Å². The predicted molar refractivity (Wildman–Crippen MR) is 80.8 cm³/mol. The van der Waals surface area contributed by atoms with Crippen LogP contribution in [0.5, 0.6) is 0 Å². The van der Waals surface area contributed by atoms with E-state index in [1.807, 2.05) is 11.8 Å².